The molecule has 1 N–H and O–H groups in total. The van der Waals surface area contributed by atoms with Crippen molar-refractivity contribution in [2.75, 3.05) is 6.54 Å². The summed E-state index contributed by atoms with van der Waals surface area (Å²) in [4.78, 5) is 30.0. The fourth-order valence-corrected chi connectivity index (χ4v) is 2.73. The molecule has 0 aromatic carbocycles. The third-order valence-electron chi connectivity index (χ3n) is 3.97. The molecular weight excluding hydrogens is 270 g/mol. The second-order valence-electron chi connectivity index (χ2n) is 6.81. The fourth-order valence-electron chi connectivity index (χ4n) is 2.73. The minimum Gasteiger partial charge on any atom is -0.445 e. The third-order valence-corrected chi connectivity index (χ3v) is 3.97. The van der Waals surface area contributed by atoms with Gasteiger partial charge in [0.1, 0.15) is 17.5 Å². The van der Waals surface area contributed by atoms with E-state index in [2.05, 4.69) is 31.1 Å². The second kappa shape index (κ2) is 4.86. The van der Waals surface area contributed by atoms with Crippen LogP contribution < -0.4 is 5.32 Å². The van der Waals surface area contributed by atoms with Gasteiger partial charge in [0.25, 0.3) is 0 Å². The number of carbonyl (C=O) groups excluding carboxylic acids is 2. The molecule has 2 amide bonds. The molecule has 6 nitrogen and oxygen atoms in total. The normalized spacial score (nSPS) is 22.1. The summed E-state index contributed by atoms with van der Waals surface area (Å²) in [5.74, 6) is 1.56. The van der Waals surface area contributed by atoms with Crippen LogP contribution in [-0.4, -0.2) is 34.3 Å². The average Bonchev–Trinajstić information content (AvgIpc) is 3.02. The highest BCUT2D eigenvalue weighted by atomic mass is 16.4. The SMILES string of the molecule is CC(C)(C)c1nc2c(o1)CCN(C(=O)C1CCC(=O)N1)C2. The molecule has 3 heterocycles. The number of nitrogens with zero attached hydrogens (tertiary/aromatic N) is 2. The molecule has 114 valence electrons. The molecule has 1 saturated heterocycles. The Morgan fingerprint density at radius 1 is 1.38 bits per heavy atom. The van der Waals surface area contributed by atoms with Crippen molar-refractivity contribution in [3.8, 4) is 0 Å². The highest BCUT2D eigenvalue weighted by Gasteiger charge is 2.34. The Balaban J connectivity index is 1.74. The first-order valence-electron chi connectivity index (χ1n) is 7.42. The van der Waals surface area contributed by atoms with Crippen molar-refractivity contribution < 1.29 is 14.0 Å². The smallest absolute Gasteiger partial charge is 0.245 e. The van der Waals surface area contributed by atoms with Crippen LogP contribution in [0, 0.1) is 0 Å². The molecule has 1 atom stereocenters. The van der Waals surface area contributed by atoms with E-state index in [0.717, 1.165) is 17.3 Å². The molecule has 1 fully saturated rings. The van der Waals surface area contributed by atoms with E-state index in [1.54, 1.807) is 4.90 Å². The van der Waals surface area contributed by atoms with Crippen molar-refractivity contribution in [1.82, 2.24) is 15.2 Å². The summed E-state index contributed by atoms with van der Waals surface area (Å²) in [5, 5.41) is 2.73. The van der Waals surface area contributed by atoms with Gasteiger partial charge in [0.2, 0.25) is 11.8 Å². The van der Waals surface area contributed by atoms with E-state index in [0.29, 0.717) is 32.4 Å². The number of hydrogen-bond acceptors (Lipinski definition) is 4. The zero-order valence-electron chi connectivity index (χ0n) is 12.7. The molecule has 3 rings (SSSR count). The van der Waals surface area contributed by atoms with Crippen molar-refractivity contribution >= 4 is 11.8 Å². The van der Waals surface area contributed by atoms with Crippen molar-refractivity contribution in [2.45, 2.75) is 58.0 Å². The van der Waals surface area contributed by atoms with Gasteiger partial charge in [-0.1, -0.05) is 20.8 Å². The van der Waals surface area contributed by atoms with Crippen LogP contribution in [0.5, 0.6) is 0 Å². The minimum atomic E-state index is -0.368. The number of aromatic nitrogens is 1. The van der Waals surface area contributed by atoms with Gasteiger partial charge in [0.15, 0.2) is 5.89 Å². The van der Waals surface area contributed by atoms with Gasteiger partial charge in [-0.2, -0.15) is 0 Å². The predicted octanol–water partition coefficient (Wildman–Crippen LogP) is 1.14. The maximum atomic E-state index is 12.4. The second-order valence-corrected chi connectivity index (χ2v) is 6.81. The highest BCUT2D eigenvalue weighted by molar-refractivity contribution is 5.90. The number of nitrogens with one attached hydrogen (secondary N) is 1. The molecule has 0 bridgehead atoms. The Hall–Kier alpha value is -1.85. The molecule has 2 aliphatic rings. The molecular formula is C15H21N3O3. The van der Waals surface area contributed by atoms with Crippen LogP contribution in [-0.2, 0) is 28.0 Å². The average molecular weight is 291 g/mol. The molecule has 0 spiro atoms. The van der Waals surface area contributed by atoms with Crippen LogP contribution in [0.2, 0.25) is 0 Å². The van der Waals surface area contributed by atoms with E-state index in [1.807, 2.05) is 0 Å². The lowest BCUT2D eigenvalue weighted by molar-refractivity contribution is -0.135. The van der Waals surface area contributed by atoms with Crippen LogP contribution in [0.25, 0.3) is 0 Å². The first-order valence-corrected chi connectivity index (χ1v) is 7.42. The number of hydrogen-bond donors (Lipinski definition) is 1. The van der Waals surface area contributed by atoms with Crippen LogP contribution in [0.1, 0.15) is 51.0 Å². The van der Waals surface area contributed by atoms with Gasteiger partial charge < -0.3 is 14.6 Å². The molecule has 1 unspecified atom stereocenters. The highest BCUT2D eigenvalue weighted by Crippen LogP contribution is 2.27. The zero-order valence-corrected chi connectivity index (χ0v) is 12.7. The lowest BCUT2D eigenvalue weighted by Gasteiger charge is -2.27. The number of carbonyl (C=O) groups is 2. The van der Waals surface area contributed by atoms with E-state index >= 15 is 0 Å². The number of oxazole rings is 1. The van der Waals surface area contributed by atoms with Gasteiger partial charge >= 0.3 is 0 Å². The molecule has 0 saturated carbocycles. The summed E-state index contributed by atoms with van der Waals surface area (Å²) >= 11 is 0. The number of rotatable bonds is 1. The molecule has 1 aromatic rings. The molecule has 2 aliphatic heterocycles. The van der Waals surface area contributed by atoms with Crippen LogP contribution >= 0.6 is 0 Å². The molecule has 6 heteroatoms. The van der Waals surface area contributed by atoms with Gasteiger partial charge in [-0.25, -0.2) is 4.98 Å². The van der Waals surface area contributed by atoms with Crippen molar-refractivity contribution in [2.24, 2.45) is 0 Å². The lowest BCUT2D eigenvalue weighted by Crippen LogP contribution is -2.46. The molecule has 21 heavy (non-hydrogen) atoms. The predicted molar refractivity (Wildman–Crippen MR) is 75.5 cm³/mol. The van der Waals surface area contributed by atoms with E-state index in [1.165, 1.54) is 0 Å². The third kappa shape index (κ3) is 2.66. The quantitative estimate of drug-likeness (QED) is 0.841. The van der Waals surface area contributed by atoms with E-state index in [4.69, 9.17) is 4.42 Å². The monoisotopic (exact) mass is 291 g/mol. The van der Waals surface area contributed by atoms with Gasteiger partial charge in [-0.3, -0.25) is 9.59 Å². The molecule has 0 aliphatic carbocycles. The Kier molecular flexibility index (Phi) is 3.26. The van der Waals surface area contributed by atoms with E-state index in [9.17, 15) is 9.59 Å². The van der Waals surface area contributed by atoms with E-state index in [-0.39, 0.29) is 23.3 Å². The minimum absolute atomic E-state index is 0.00758. The van der Waals surface area contributed by atoms with Crippen LogP contribution in [0.15, 0.2) is 4.42 Å². The van der Waals surface area contributed by atoms with Crippen molar-refractivity contribution in [3.63, 3.8) is 0 Å². The van der Waals surface area contributed by atoms with Crippen molar-refractivity contribution in [1.29, 1.82) is 0 Å². The summed E-state index contributed by atoms with van der Waals surface area (Å²) in [6.45, 7) is 7.26. The summed E-state index contributed by atoms with van der Waals surface area (Å²) in [6, 6.07) is -0.368. The maximum Gasteiger partial charge on any atom is 0.245 e. The topological polar surface area (TPSA) is 75.4 Å². The summed E-state index contributed by atoms with van der Waals surface area (Å²) in [6.07, 6.45) is 1.71. The van der Waals surface area contributed by atoms with Gasteiger partial charge in [0.05, 0.1) is 6.54 Å². The largest absolute Gasteiger partial charge is 0.445 e. The Morgan fingerprint density at radius 3 is 2.76 bits per heavy atom. The first kappa shape index (κ1) is 14.1. The molecule has 1 aromatic heterocycles. The van der Waals surface area contributed by atoms with Gasteiger partial charge in [-0.05, 0) is 6.42 Å². The number of fused-ring (bicyclic) bond motifs is 1. The number of amides is 2. The van der Waals surface area contributed by atoms with Crippen LogP contribution in [0.4, 0.5) is 0 Å². The molecule has 0 radical (unpaired) electrons. The van der Waals surface area contributed by atoms with E-state index < -0.39 is 0 Å². The first-order chi connectivity index (χ1) is 9.84. The Labute approximate surface area is 123 Å². The van der Waals surface area contributed by atoms with Crippen LogP contribution in [0.3, 0.4) is 0 Å². The van der Waals surface area contributed by atoms with Gasteiger partial charge in [-0.15, -0.1) is 0 Å². The Morgan fingerprint density at radius 2 is 2.14 bits per heavy atom. The lowest BCUT2D eigenvalue weighted by atomic mass is 9.97. The van der Waals surface area contributed by atoms with Gasteiger partial charge in [0, 0.05) is 24.8 Å². The van der Waals surface area contributed by atoms with Crippen molar-refractivity contribution in [3.05, 3.63) is 17.3 Å². The summed E-state index contributed by atoms with van der Waals surface area (Å²) < 4.78 is 5.82. The zero-order chi connectivity index (χ0) is 15.2. The summed E-state index contributed by atoms with van der Waals surface area (Å²) in [7, 11) is 0. The Bertz CT molecular complexity index is 585. The standard InChI is InChI=1S/C15H21N3O3/c1-15(2,3)14-17-10-8-18(7-6-11(10)21-14)13(20)9-4-5-12(19)16-9/h9H,4-8H2,1-3H3,(H,16,19). The fraction of sp³-hybridized carbons (Fsp3) is 0.667. The maximum absolute atomic E-state index is 12.4. The summed E-state index contributed by atoms with van der Waals surface area (Å²) in [5.41, 5.74) is 0.717.